The Hall–Kier alpha value is -2.67. The van der Waals surface area contributed by atoms with Crippen LogP contribution >= 0.6 is 10.0 Å². The van der Waals surface area contributed by atoms with Crippen molar-refractivity contribution in [2.24, 2.45) is 0 Å². The molecule has 150 valence electrons. The molecule has 6 nitrogen and oxygen atoms in total. The van der Waals surface area contributed by atoms with Crippen LogP contribution in [0.1, 0.15) is 28.0 Å². The Morgan fingerprint density at radius 1 is 1.11 bits per heavy atom. The number of carbonyl (C=O) groups is 2. The minimum Gasteiger partial charge on any atom is -0.461 e. The molecule has 2 aromatic heterocycles. The molecule has 0 bridgehead atoms. The summed E-state index contributed by atoms with van der Waals surface area (Å²) in [4.78, 5) is 32.3. The lowest BCUT2D eigenvalue weighted by molar-refractivity contribution is -0.115. The van der Waals surface area contributed by atoms with Gasteiger partial charge >= 0.3 is 5.97 Å². The van der Waals surface area contributed by atoms with E-state index in [1.54, 1.807) is 24.4 Å². The summed E-state index contributed by atoms with van der Waals surface area (Å²) in [5.74, 6) is 0.675. The molecule has 0 fully saturated rings. The Balaban J connectivity index is 1.80. The maximum atomic E-state index is 12.0. The van der Waals surface area contributed by atoms with Crippen LogP contribution in [0.4, 0.5) is 5.82 Å². The zero-order chi connectivity index (χ0) is 20.6. The first kappa shape index (κ1) is 21.6. The van der Waals surface area contributed by atoms with Gasteiger partial charge in [0.25, 0.3) is 0 Å². The quantitative estimate of drug-likeness (QED) is 0.683. The number of pyridine rings is 2. The third kappa shape index (κ3) is 7.92. The van der Waals surface area contributed by atoms with Gasteiger partial charge in [0.05, 0.1) is 12.2 Å². The van der Waals surface area contributed by atoms with Crippen LogP contribution in [0, 0.1) is 6.92 Å². The Labute approximate surface area is 167 Å². The van der Waals surface area contributed by atoms with Crippen LogP contribution in [0.25, 0.3) is 6.08 Å². The van der Waals surface area contributed by atoms with Crippen LogP contribution in [-0.4, -0.2) is 53.0 Å². The molecule has 0 aliphatic heterocycles. The van der Waals surface area contributed by atoms with E-state index in [1.165, 1.54) is 6.20 Å². The number of hydrogen-bond acceptors (Lipinski definition) is 5. The molecule has 7 heteroatoms. The third-order valence-electron chi connectivity index (χ3n) is 3.74. The van der Waals surface area contributed by atoms with E-state index in [0.29, 0.717) is 18.0 Å². The Morgan fingerprint density at radius 3 is 2.50 bits per heavy atom. The number of nitrogens with one attached hydrogen (secondary N) is 1. The summed E-state index contributed by atoms with van der Waals surface area (Å²) in [5, 5.41) is 2.70. The SMILES string of the molecule is Cc1ccc(/C=C/CC(=O)Nc2ccc(C(=O)OCCS(C)(C)C)cn2)cn1. The summed E-state index contributed by atoms with van der Waals surface area (Å²) in [6, 6.07) is 7.05. The van der Waals surface area contributed by atoms with Crippen LogP contribution < -0.4 is 5.32 Å². The largest absolute Gasteiger partial charge is 0.461 e. The summed E-state index contributed by atoms with van der Waals surface area (Å²) in [6.07, 6.45) is 13.5. The molecule has 2 aromatic rings. The molecular weight excluding hydrogens is 374 g/mol. The Bertz CT molecular complexity index is 825. The van der Waals surface area contributed by atoms with Gasteiger partial charge in [0.2, 0.25) is 5.91 Å². The van der Waals surface area contributed by atoms with Crippen molar-refractivity contribution in [2.45, 2.75) is 13.3 Å². The average Bonchev–Trinajstić information content (AvgIpc) is 2.63. The molecule has 1 N–H and O–H groups in total. The first-order chi connectivity index (χ1) is 13.2. The first-order valence-electron chi connectivity index (χ1n) is 8.91. The minimum absolute atomic E-state index is 0.188. The van der Waals surface area contributed by atoms with Crippen molar-refractivity contribution in [3.05, 3.63) is 59.6 Å². The minimum atomic E-state index is -0.699. The van der Waals surface area contributed by atoms with E-state index in [4.69, 9.17) is 4.74 Å². The van der Waals surface area contributed by atoms with Crippen LogP contribution in [0.15, 0.2) is 42.7 Å². The predicted molar refractivity (Wildman–Crippen MR) is 116 cm³/mol. The lowest BCUT2D eigenvalue weighted by atomic mass is 10.2. The van der Waals surface area contributed by atoms with E-state index in [1.807, 2.05) is 25.1 Å². The Morgan fingerprint density at radius 2 is 1.89 bits per heavy atom. The number of amides is 1. The van der Waals surface area contributed by atoms with E-state index in [9.17, 15) is 9.59 Å². The number of ether oxygens (including phenoxy) is 1. The summed E-state index contributed by atoms with van der Waals surface area (Å²) in [7, 11) is -0.699. The monoisotopic (exact) mass is 401 g/mol. The van der Waals surface area contributed by atoms with Gasteiger partial charge in [-0.3, -0.25) is 9.78 Å². The topological polar surface area (TPSA) is 81.2 Å². The summed E-state index contributed by atoms with van der Waals surface area (Å²) < 4.78 is 5.27. The van der Waals surface area contributed by atoms with Crippen LogP contribution in [-0.2, 0) is 9.53 Å². The molecule has 0 aromatic carbocycles. The second-order valence-corrected chi connectivity index (χ2v) is 11.8. The van der Waals surface area contributed by atoms with Crippen LogP contribution in [0.2, 0.25) is 0 Å². The van der Waals surface area contributed by atoms with E-state index in [0.717, 1.165) is 17.0 Å². The standard InChI is InChI=1S/C21H27N3O3S/c1-16-8-9-17(14-22-16)6-5-7-20(25)24-19-11-10-18(15-23-19)21(26)27-12-13-28(2,3)4/h5-6,8-11,14-15H,7,12-13H2,1-4H3,(H,23,24,25)/b6-5+. The van der Waals surface area contributed by atoms with Gasteiger partial charge in [-0.05, 0) is 49.5 Å². The number of aromatic nitrogens is 2. The molecule has 0 spiro atoms. The van der Waals surface area contributed by atoms with Crippen molar-refractivity contribution in [2.75, 3.05) is 36.4 Å². The summed E-state index contributed by atoms with van der Waals surface area (Å²) >= 11 is 0. The molecule has 0 aliphatic rings. The molecule has 0 aliphatic carbocycles. The predicted octanol–water partition coefficient (Wildman–Crippen LogP) is 3.68. The molecule has 2 heterocycles. The molecule has 0 radical (unpaired) electrons. The van der Waals surface area contributed by atoms with Crippen LogP contribution in [0.5, 0.6) is 0 Å². The number of anilines is 1. The molecule has 0 atom stereocenters. The lowest BCUT2D eigenvalue weighted by Gasteiger charge is -2.24. The van der Waals surface area contributed by atoms with Gasteiger partial charge in [-0.1, -0.05) is 18.2 Å². The molecule has 28 heavy (non-hydrogen) atoms. The fraction of sp³-hybridized carbons (Fsp3) is 0.333. The number of nitrogens with zero attached hydrogens (tertiary/aromatic N) is 2. The highest BCUT2D eigenvalue weighted by atomic mass is 32.3. The van der Waals surface area contributed by atoms with Crippen molar-refractivity contribution >= 4 is 33.8 Å². The highest BCUT2D eigenvalue weighted by Crippen LogP contribution is 2.33. The highest BCUT2D eigenvalue weighted by molar-refractivity contribution is 8.32. The van der Waals surface area contributed by atoms with Gasteiger partial charge in [0.15, 0.2) is 0 Å². The van der Waals surface area contributed by atoms with E-state index in [2.05, 4.69) is 34.1 Å². The van der Waals surface area contributed by atoms with Crippen molar-refractivity contribution in [3.63, 3.8) is 0 Å². The number of aryl methyl sites for hydroxylation is 1. The zero-order valence-corrected chi connectivity index (χ0v) is 17.6. The second-order valence-electron chi connectivity index (χ2n) is 7.25. The molecule has 0 saturated carbocycles. The Kier molecular flexibility index (Phi) is 7.75. The zero-order valence-electron chi connectivity index (χ0n) is 16.8. The smallest absolute Gasteiger partial charge is 0.339 e. The van der Waals surface area contributed by atoms with Crippen molar-refractivity contribution in [3.8, 4) is 0 Å². The number of hydrogen-bond donors (Lipinski definition) is 1. The average molecular weight is 402 g/mol. The van der Waals surface area contributed by atoms with Crippen molar-refractivity contribution in [1.82, 2.24) is 9.97 Å². The fourth-order valence-corrected chi connectivity index (χ4v) is 2.71. The van der Waals surface area contributed by atoms with Gasteiger partial charge in [-0.15, -0.1) is 0 Å². The van der Waals surface area contributed by atoms with E-state index in [-0.39, 0.29) is 12.3 Å². The number of carbonyl (C=O) groups excluding carboxylic acids is 2. The molecule has 0 unspecified atom stereocenters. The molecule has 2 rings (SSSR count). The number of rotatable bonds is 8. The van der Waals surface area contributed by atoms with Gasteiger partial charge < -0.3 is 10.1 Å². The van der Waals surface area contributed by atoms with Crippen LogP contribution in [0.3, 0.4) is 0 Å². The fourth-order valence-electron chi connectivity index (χ4n) is 2.13. The summed E-state index contributed by atoms with van der Waals surface area (Å²) in [5.41, 5.74) is 2.25. The summed E-state index contributed by atoms with van der Waals surface area (Å²) in [6.45, 7) is 2.32. The van der Waals surface area contributed by atoms with Gasteiger partial charge in [-0.25, -0.2) is 19.8 Å². The van der Waals surface area contributed by atoms with Crippen molar-refractivity contribution in [1.29, 1.82) is 0 Å². The van der Waals surface area contributed by atoms with Crippen molar-refractivity contribution < 1.29 is 14.3 Å². The van der Waals surface area contributed by atoms with E-state index >= 15 is 0 Å². The maximum Gasteiger partial charge on any atom is 0.339 e. The number of esters is 1. The van der Waals surface area contributed by atoms with E-state index < -0.39 is 16.0 Å². The second kappa shape index (κ2) is 10.0. The van der Waals surface area contributed by atoms with Gasteiger partial charge in [-0.2, -0.15) is 0 Å². The molecule has 1 amide bonds. The molecule has 0 saturated heterocycles. The third-order valence-corrected chi connectivity index (χ3v) is 5.13. The lowest BCUT2D eigenvalue weighted by Crippen LogP contribution is -2.14. The first-order valence-corrected chi connectivity index (χ1v) is 11.9. The highest BCUT2D eigenvalue weighted by Gasteiger charge is 2.10. The van der Waals surface area contributed by atoms with Gasteiger partial charge in [0, 0.05) is 30.3 Å². The maximum absolute atomic E-state index is 12.0. The van der Waals surface area contributed by atoms with Gasteiger partial charge in [0.1, 0.15) is 5.82 Å². The normalized spacial score (nSPS) is 12.0. The molecular formula is C21H27N3O3S.